The van der Waals surface area contributed by atoms with Crippen LogP contribution < -0.4 is 9.80 Å². The molecule has 2 aromatic carbocycles. The average molecular weight is 527 g/mol. The van der Waals surface area contributed by atoms with Crippen LogP contribution in [0.3, 0.4) is 0 Å². The molecular weight excluding hydrogens is 496 g/mol. The normalized spacial score (nSPS) is 16.6. The van der Waals surface area contributed by atoms with Gasteiger partial charge in [0.2, 0.25) is 5.91 Å². The maximum absolute atomic E-state index is 12.3. The monoisotopic (exact) mass is 526 g/mol. The number of carbonyl (C=O) groups excluding carboxylic acids is 1. The number of nitriles is 2. The number of carbonyl (C=O) groups is 1. The average Bonchev–Trinajstić information content (AvgIpc) is 2.97. The van der Waals surface area contributed by atoms with Gasteiger partial charge in [-0.15, -0.1) is 0 Å². The van der Waals surface area contributed by atoms with Crippen LogP contribution in [0.5, 0.6) is 0 Å². The minimum atomic E-state index is -0.267. The summed E-state index contributed by atoms with van der Waals surface area (Å²) in [6, 6.07) is 18.8. The molecule has 0 saturated carbocycles. The molecule has 1 atom stereocenters. The van der Waals surface area contributed by atoms with E-state index in [0.29, 0.717) is 38.2 Å². The number of amides is 1. The topological polar surface area (TPSA) is 87.3 Å². The first-order chi connectivity index (χ1) is 18.5. The van der Waals surface area contributed by atoms with Crippen LogP contribution in [0.1, 0.15) is 37.0 Å². The van der Waals surface area contributed by atoms with Crippen LogP contribution in [0.2, 0.25) is 5.15 Å². The largest absolute Gasteiger partial charge is 0.366 e. The van der Waals surface area contributed by atoms with Gasteiger partial charge in [0, 0.05) is 49.4 Å². The molecule has 2 aliphatic rings. The Hall–Kier alpha value is -4.07. The number of halogens is 1. The number of hydrogen-bond acceptors (Lipinski definition) is 6. The molecule has 1 amide bonds. The first-order valence-corrected chi connectivity index (χ1v) is 13.3. The Balaban J connectivity index is 0.00000164. The molecule has 0 aliphatic carbocycles. The summed E-state index contributed by atoms with van der Waals surface area (Å²) >= 11 is 6.56. The molecule has 1 fully saturated rings. The van der Waals surface area contributed by atoms with Gasteiger partial charge in [-0.25, -0.2) is 4.98 Å². The summed E-state index contributed by atoms with van der Waals surface area (Å²) in [7, 11) is 0. The maximum atomic E-state index is 12.3. The number of nitrogens with zero attached hydrogens (tertiary/aromatic N) is 6. The summed E-state index contributed by atoms with van der Waals surface area (Å²) in [5, 5.41) is 21.8. The van der Waals surface area contributed by atoms with Crippen molar-refractivity contribution in [2.45, 2.75) is 39.3 Å². The van der Waals surface area contributed by atoms with Gasteiger partial charge in [-0.2, -0.15) is 10.5 Å². The van der Waals surface area contributed by atoms with E-state index in [9.17, 15) is 15.3 Å². The minimum absolute atomic E-state index is 0.173. The summed E-state index contributed by atoms with van der Waals surface area (Å²) in [5.41, 5.74) is 3.46. The van der Waals surface area contributed by atoms with E-state index in [1.807, 2.05) is 26.0 Å². The molecule has 0 bridgehead atoms. The van der Waals surface area contributed by atoms with E-state index in [1.54, 1.807) is 4.90 Å². The van der Waals surface area contributed by atoms with Crippen LogP contribution in [0, 0.1) is 22.7 Å². The third-order valence-electron chi connectivity index (χ3n) is 7.11. The van der Waals surface area contributed by atoms with Crippen molar-refractivity contribution in [2.75, 3.05) is 36.0 Å². The summed E-state index contributed by atoms with van der Waals surface area (Å²) in [5.74, 6) is 0.577. The highest BCUT2D eigenvalue weighted by Crippen LogP contribution is 2.37. The summed E-state index contributed by atoms with van der Waals surface area (Å²) < 4.78 is 0. The van der Waals surface area contributed by atoms with Crippen LogP contribution in [0.25, 0.3) is 10.8 Å². The fourth-order valence-corrected chi connectivity index (χ4v) is 5.62. The minimum Gasteiger partial charge on any atom is -0.366 e. The molecule has 8 heteroatoms. The van der Waals surface area contributed by atoms with Crippen molar-refractivity contribution in [2.24, 2.45) is 0 Å². The standard InChI is InChI=1S/C28H25ClN6O.C2H6/c1-2-26(36)35-15-14-34(17-20(35)10-12-30)28-22-11-13-33(18-24(22)23(16-31)27(29)32-28)25-9-5-7-19-6-3-4-8-21(19)25;1-2/h2-9,20H,1,10-11,13-15,17-18H2;1-2H3. The van der Waals surface area contributed by atoms with Gasteiger partial charge in [0.1, 0.15) is 17.0 Å². The van der Waals surface area contributed by atoms with Gasteiger partial charge in [0.25, 0.3) is 0 Å². The fourth-order valence-electron chi connectivity index (χ4n) is 5.38. The molecule has 0 N–H and O–H groups in total. The summed E-state index contributed by atoms with van der Waals surface area (Å²) in [6.45, 7) is 10.4. The zero-order chi connectivity index (χ0) is 27.2. The zero-order valence-electron chi connectivity index (χ0n) is 21.8. The molecule has 7 nitrogen and oxygen atoms in total. The van der Waals surface area contributed by atoms with Crippen molar-refractivity contribution in [3.8, 4) is 12.1 Å². The lowest BCUT2D eigenvalue weighted by Crippen LogP contribution is -2.55. The number of anilines is 2. The third kappa shape index (κ3) is 5.03. The van der Waals surface area contributed by atoms with Gasteiger partial charge in [-0.1, -0.05) is 68.4 Å². The number of hydrogen-bond donors (Lipinski definition) is 0. The molecule has 38 heavy (non-hydrogen) atoms. The van der Waals surface area contributed by atoms with Gasteiger partial charge in [0.15, 0.2) is 0 Å². The van der Waals surface area contributed by atoms with Crippen molar-refractivity contribution in [3.63, 3.8) is 0 Å². The molecule has 1 unspecified atom stereocenters. The van der Waals surface area contributed by atoms with E-state index in [4.69, 9.17) is 11.6 Å². The fraction of sp³-hybridized carbons (Fsp3) is 0.333. The van der Waals surface area contributed by atoms with E-state index < -0.39 is 0 Å². The van der Waals surface area contributed by atoms with E-state index in [0.717, 1.165) is 29.2 Å². The van der Waals surface area contributed by atoms with Crippen LogP contribution in [0.4, 0.5) is 11.5 Å². The van der Waals surface area contributed by atoms with Crippen LogP contribution in [0.15, 0.2) is 55.1 Å². The summed E-state index contributed by atoms with van der Waals surface area (Å²) in [6.07, 6.45) is 2.22. The molecule has 194 valence electrons. The number of pyridine rings is 1. The number of rotatable bonds is 4. The third-order valence-corrected chi connectivity index (χ3v) is 7.39. The van der Waals surface area contributed by atoms with Crippen molar-refractivity contribution in [1.29, 1.82) is 10.5 Å². The second-order valence-corrected chi connectivity index (χ2v) is 9.40. The lowest BCUT2D eigenvalue weighted by molar-refractivity contribution is -0.128. The van der Waals surface area contributed by atoms with Crippen LogP contribution >= 0.6 is 11.6 Å². The Morgan fingerprint density at radius 1 is 1.11 bits per heavy atom. The molecule has 1 aromatic heterocycles. The summed E-state index contributed by atoms with van der Waals surface area (Å²) in [4.78, 5) is 23.1. The Morgan fingerprint density at radius 3 is 2.61 bits per heavy atom. The van der Waals surface area contributed by atoms with E-state index in [-0.39, 0.29) is 23.5 Å². The number of aromatic nitrogens is 1. The molecule has 2 aliphatic heterocycles. The Kier molecular flexibility index (Phi) is 8.51. The second kappa shape index (κ2) is 12.0. The highest BCUT2D eigenvalue weighted by molar-refractivity contribution is 6.30. The number of benzene rings is 2. The predicted molar refractivity (Wildman–Crippen MR) is 152 cm³/mol. The van der Waals surface area contributed by atoms with E-state index >= 15 is 0 Å². The van der Waals surface area contributed by atoms with E-state index in [2.05, 4.69) is 63.8 Å². The van der Waals surface area contributed by atoms with Gasteiger partial charge in [0.05, 0.1) is 24.1 Å². The quantitative estimate of drug-likeness (QED) is 0.331. The molecule has 3 heterocycles. The second-order valence-electron chi connectivity index (χ2n) is 9.04. The van der Waals surface area contributed by atoms with Crippen molar-refractivity contribution in [3.05, 3.63) is 77.0 Å². The maximum Gasteiger partial charge on any atom is 0.246 e. The zero-order valence-corrected chi connectivity index (χ0v) is 22.6. The van der Waals surface area contributed by atoms with Crippen molar-refractivity contribution in [1.82, 2.24) is 9.88 Å². The smallest absolute Gasteiger partial charge is 0.246 e. The van der Waals surface area contributed by atoms with Gasteiger partial charge < -0.3 is 14.7 Å². The molecular formula is C30H31ClN6O. The van der Waals surface area contributed by atoms with Crippen LogP contribution in [-0.4, -0.2) is 48.0 Å². The predicted octanol–water partition coefficient (Wildman–Crippen LogP) is 5.47. The molecule has 3 aromatic rings. The van der Waals surface area contributed by atoms with Gasteiger partial charge >= 0.3 is 0 Å². The Labute approximate surface area is 229 Å². The lowest BCUT2D eigenvalue weighted by Gasteiger charge is -2.42. The first kappa shape index (κ1) is 27.0. The highest BCUT2D eigenvalue weighted by atomic mass is 35.5. The van der Waals surface area contributed by atoms with Crippen LogP contribution in [-0.2, 0) is 17.8 Å². The Bertz CT molecular complexity index is 1430. The molecule has 0 radical (unpaired) electrons. The molecule has 1 saturated heterocycles. The van der Waals surface area contributed by atoms with Crippen molar-refractivity contribution >= 4 is 39.8 Å². The lowest BCUT2D eigenvalue weighted by atomic mass is 9.94. The molecule has 5 rings (SSSR count). The molecule has 0 spiro atoms. The SMILES string of the molecule is C=CC(=O)N1CCN(c2nc(Cl)c(C#N)c3c2CCN(c2cccc4ccccc24)C3)CC1CC#N.CC. The highest BCUT2D eigenvalue weighted by Gasteiger charge is 2.33. The van der Waals surface area contributed by atoms with Crippen molar-refractivity contribution < 1.29 is 4.79 Å². The van der Waals surface area contributed by atoms with Gasteiger partial charge in [-0.05, 0) is 29.5 Å². The number of piperazine rings is 1. The number of fused-ring (bicyclic) bond motifs is 2. The van der Waals surface area contributed by atoms with Gasteiger partial charge in [-0.3, -0.25) is 4.79 Å². The van der Waals surface area contributed by atoms with E-state index in [1.165, 1.54) is 16.8 Å². The Morgan fingerprint density at radius 2 is 1.87 bits per heavy atom. The first-order valence-electron chi connectivity index (χ1n) is 12.9.